The Kier molecular flexibility index (Phi) is 6.69. The number of hydrogen-bond donors (Lipinski definition) is 1. The zero-order valence-corrected chi connectivity index (χ0v) is 16.9. The Hall–Kier alpha value is -2.67. The van der Waals surface area contributed by atoms with Crippen LogP contribution in [0.4, 0.5) is 0 Å². The van der Waals surface area contributed by atoms with Crippen LogP contribution in [-0.2, 0) is 23.9 Å². The molecule has 154 valence electrons. The number of nitrogens with zero attached hydrogens (tertiary/aromatic N) is 1. The molecule has 7 nitrogen and oxygen atoms in total. The molecule has 1 aliphatic carbocycles. The van der Waals surface area contributed by atoms with Gasteiger partial charge in [0.2, 0.25) is 11.8 Å². The predicted octanol–water partition coefficient (Wildman–Crippen LogP) is 2.40. The molecule has 1 aromatic rings. The van der Waals surface area contributed by atoms with Crippen molar-refractivity contribution in [2.75, 3.05) is 13.2 Å². The van der Waals surface area contributed by atoms with Gasteiger partial charge in [0.05, 0.1) is 24.3 Å². The van der Waals surface area contributed by atoms with E-state index >= 15 is 0 Å². The Morgan fingerprint density at radius 3 is 2.48 bits per heavy atom. The number of allylic oxidation sites excluding steroid dienone is 2. The molecule has 1 aliphatic heterocycles. The number of halogens is 1. The highest BCUT2D eigenvalue weighted by Crippen LogP contribution is 2.35. The van der Waals surface area contributed by atoms with Gasteiger partial charge in [0.1, 0.15) is 0 Å². The number of amides is 3. The number of carbonyl (C=O) groups is 4. The van der Waals surface area contributed by atoms with Crippen LogP contribution in [0.25, 0.3) is 0 Å². The molecule has 0 saturated carbocycles. The van der Waals surface area contributed by atoms with Crippen LogP contribution in [0, 0.1) is 11.8 Å². The smallest absolute Gasteiger partial charge is 0.308 e. The minimum absolute atomic E-state index is 0.0238. The molecule has 29 heavy (non-hydrogen) atoms. The molecule has 1 heterocycles. The van der Waals surface area contributed by atoms with E-state index in [4.69, 9.17) is 16.3 Å². The van der Waals surface area contributed by atoms with E-state index in [0.717, 1.165) is 10.5 Å². The summed E-state index contributed by atoms with van der Waals surface area (Å²) in [5.41, 5.74) is 0.833. The first-order chi connectivity index (χ1) is 13.9. The summed E-state index contributed by atoms with van der Waals surface area (Å²) in [4.78, 5) is 49.8. The number of esters is 1. The standard InChI is InChI=1S/C21H23ClN2O5/c1-13(14-5-4-6-15(22)11-14)23-18(25)12-29-19(26)9-10-24-20(27)16-7-2-3-8-17(16)21(24)28/h2-6,11,13,16-17H,7-10,12H2,1H3,(H,23,25)/t13-,16-,17+/m1/s1. The fourth-order valence-corrected chi connectivity index (χ4v) is 3.85. The molecule has 0 aromatic heterocycles. The van der Waals surface area contributed by atoms with Crippen molar-refractivity contribution >= 4 is 35.3 Å². The van der Waals surface area contributed by atoms with Crippen LogP contribution < -0.4 is 5.32 Å². The number of imide groups is 1. The second-order valence-electron chi connectivity index (χ2n) is 7.24. The van der Waals surface area contributed by atoms with E-state index < -0.39 is 18.5 Å². The van der Waals surface area contributed by atoms with Gasteiger partial charge in [0.25, 0.3) is 5.91 Å². The molecular formula is C21H23ClN2O5. The van der Waals surface area contributed by atoms with Gasteiger partial charge in [-0.2, -0.15) is 0 Å². The van der Waals surface area contributed by atoms with Crippen molar-refractivity contribution < 1.29 is 23.9 Å². The Labute approximate surface area is 174 Å². The lowest BCUT2D eigenvalue weighted by Crippen LogP contribution is -2.34. The number of nitrogens with one attached hydrogen (secondary N) is 1. The molecular weight excluding hydrogens is 396 g/mol. The molecule has 3 amide bonds. The molecule has 0 unspecified atom stereocenters. The second kappa shape index (κ2) is 9.22. The van der Waals surface area contributed by atoms with Crippen LogP contribution in [0.2, 0.25) is 5.02 Å². The van der Waals surface area contributed by atoms with E-state index in [1.54, 1.807) is 25.1 Å². The minimum atomic E-state index is -0.635. The molecule has 3 rings (SSSR count). The quantitative estimate of drug-likeness (QED) is 0.417. The third kappa shape index (κ3) is 5.03. The highest BCUT2D eigenvalue weighted by Gasteiger charge is 2.46. The number of ether oxygens (including phenoxy) is 1. The third-order valence-corrected chi connectivity index (χ3v) is 5.46. The number of benzene rings is 1. The normalized spacial score (nSPS) is 21.7. The van der Waals surface area contributed by atoms with Crippen LogP contribution in [-0.4, -0.2) is 41.7 Å². The van der Waals surface area contributed by atoms with Crippen molar-refractivity contribution in [2.45, 2.75) is 32.2 Å². The van der Waals surface area contributed by atoms with Crippen molar-refractivity contribution in [3.63, 3.8) is 0 Å². The molecule has 0 radical (unpaired) electrons. The van der Waals surface area contributed by atoms with Crippen molar-refractivity contribution in [2.24, 2.45) is 11.8 Å². The fraction of sp³-hybridized carbons (Fsp3) is 0.429. The lowest BCUT2D eigenvalue weighted by Gasteiger charge is -2.16. The first-order valence-corrected chi connectivity index (χ1v) is 9.95. The summed E-state index contributed by atoms with van der Waals surface area (Å²) >= 11 is 5.94. The lowest BCUT2D eigenvalue weighted by molar-refractivity contribution is -0.150. The average Bonchev–Trinajstić information content (AvgIpc) is 2.95. The molecule has 0 spiro atoms. The van der Waals surface area contributed by atoms with E-state index in [1.807, 2.05) is 18.2 Å². The number of rotatable bonds is 7. The highest BCUT2D eigenvalue weighted by atomic mass is 35.5. The molecule has 2 aliphatic rings. The maximum absolute atomic E-state index is 12.4. The van der Waals surface area contributed by atoms with E-state index in [2.05, 4.69) is 5.32 Å². The number of likely N-dealkylation sites (tertiary alicyclic amines) is 1. The van der Waals surface area contributed by atoms with Crippen molar-refractivity contribution in [3.8, 4) is 0 Å². The molecule has 1 aromatic carbocycles. The number of fused-ring (bicyclic) bond motifs is 1. The van der Waals surface area contributed by atoms with Crippen LogP contribution in [0.3, 0.4) is 0 Å². The minimum Gasteiger partial charge on any atom is -0.456 e. The van der Waals surface area contributed by atoms with Gasteiger partial charge in [0.15, 0.2) is 6.61 Å². The summed E-state index contributed by atoms with van der Waals surface area (Å²) in [6, 6.07) is 6.81. The van der Waals surface area contributed by atoms with Crippen molar-refractivity contribution in [1.29, 1.82) is 0 Å². The van der Waals surface area contributed by atoms with Crippen LogP contribution in [0.1, 0.15) is 37.8 Å². The molecule has 3 atom stereocenters. The monoisotopic (exact) mass is 418 g/mol. The summed E-state index contributed by atoms with van der Waals surface area (Å²) in [6.07, 6.45) is 4.80. The molecule has 8 heteroatoms. The van der Waals surface area contributed by atoms with Crippen LogP contribution in [0.15, 0.2) is 36.4 Å². The molecule has 0 bridgehead atoms. The van der Waals surface area contributed by atoms with Gasteiger partial charge >= 0.3 is 5.97 Å². The molecule has 1 N–H and O–H groups in total. The second-order valence-corrected chi connectivity index (χ2v) is 7.68. The maximum Gasteiger partial charge on any atom is 0.308 e. The summed E-state index contributed by atoms with van der Waals surface area (Å²) in [7, 11) is 0. The van der Waals surface area contributed by atoms with Gasteiger partial charge in [-0.25, -0.2) is 0 Å². The Bertz CT molecular complexity index is 827. The van der Waals surface area contributed by atoms with E-state index in [0.29, 0.717) is 17.9 Å². The van der Waals surface area contributed by atoms with Gasteiger partial charge in [-0.15, -0.1) is 0 Å². The summed E-state index contributed by atoms with van der Waals surface area (Å²) in [5, 5.41) is 3.29. The third-order valence-electron chi connectivity index (χ3n) is 5.23. The number of hydrogen-bond acceptors (Lipinski definition) is 5. The molecule has 1 saturated heterocycles. The Balaban J connectivity index is 1.41. The zero-order chi connectivity index (χ0) is 21.0. The van der Waals surface area contributed by atoms with Crippen molar-refractivity contribution in [3.05, 3.63) is 47.0 Å². The summed E-state index contributed by atoms with van der Waals surface area (Å²) in [6.45, 7) is 1.34. The van der Waals surface area contributed by atoms with Gasteiger partial charge in [-0.3, -0.25) is 24.1 Å². The largest absolute Gasteiger partial charge is 0.456 e. The van der Waals surface area contributed by atoms with Gasteiger partial charge < -0.3 is 10.1 Å². The van der Waals surface area contributed by atoms with Gasteiger partial charge in [-0.05, 0) is 37.5 Å². The highest BCUT2D eigenvalue weighted by molar-refractivity contribution is 6.30. The predicted molar refractivity (Wildman–Crippen MR) is 106 cm³/mol. The first-order valence-electron chi connectivity index (χ1n) is 9.57. The zero-order valence-electron chi connectivity index (χ0n) is 16.1. The van der Waals surface area contributed by atoms with E-state index in [9.17, 15) is 19.2 Å². The topological polar surface area (TPSA) is 92.8 Å². The van der Waals surface area contributed by atoms with Crippen molar-refractivity contribution in [1.82, 2.24) is 10.2 Å². The fourth-order valence-electron chi connectivity index (χ4n) is 3.65. The lowest BCUT2D eigenvalue weighted by atomic mass is 9.85. The first kappa shape index (κ1) is 21.0. The average molecular weight is 419 g/mol. The maximum atomic E-state index is 12.4. The van der Waals surface area contributed by atoms with E-state index in [1.165, 1.54) is 0 Å². The van der Waals surface area contributed by atoms with Gasteiger partial charge in [-0.1, -0.05) is 35.9 Å². The summed E-state index contributed by atoms with van der Waals surface area (Å²) < 4.78 is 4.97. The summed E-state index contributed by atoms with van der Waals surface area (Å²) in [5.74, 6) is -2.18. The van der Waals surface area contributed by atoms with Gasteiger partial charge in [0, 0.05) is 11.6 Å². The molecule has 1 fully saturated rings. The van der Waals surface area contributed by atoms with Crippen LogP contribution in [0.5, 0.6) is 0 Å². The van der Waals surface area contributed by atoms with E-state index in [-0.39, 0.29) is 42.7 Å². The Morgan fingerprint density at radius 2 is 1.86 bits per heavy atom. The van der Waals surface area contributed by atoms with Crippen LogP contribution >= 0.6 is 11.6 Å². The SMILES string of the molecule is C[C@@H](NC(=O)COC(=O)CCN1C(=O)[C@H]2CC=CC[C@H]2C1=O)c1cccc(Cl)c1. The number of carbonyl (C=O) groups excluding carboxylic acids is 4. The Morgan fingerprint density at radius 1 is 1.21 bits per heavy atom.